The predicted molar refractivity (Wildman–Crippen MR) is 59.3 cm³/mol. The van der Waals surface area contributed by atoms with Gasteiger partial charge in [-0.3, -0.25) is 0 Å². The largest absolute Gasteiger partial charge is 0.449 e. The van der Waals surface area contributed by atoms with Crippen LogP contribution in [0.3, 0.4) is 0 Å². The first kappa shape index (κ1) is 9.88. The van der Waals surface area contributed by atoms with Gasteiger partial charge in [-0.25, -0.2) is 0 Å². The summed E-state index contributed by atoms with van der Waals surface area (Å²) >= 11 is 0. The van der Waals surface area contributed by atoms with Gasteiger partial charge in [-0.15, -0.1) is 0 Å². The highest BCUT2D eigenvalue weighted by molar-refractivity contribution is 6.41. The fourth-order valence-corrected chi connectivity index (χ4v) is 4.76. The zero-order valence-corrected chi connectivity index (χ0v) is 12.2. The zero-order chi connectivity index (χ0) is 8.65. The summed E-state index contributed by atoms with van der Waals surface area (Å²) in [5, 5.41) is 0. The van der Waals surface area contributed by atoms with E-state index < -0.39 is 10.0 Å². The molecule has 0 fully saturated rings. The van der Waals surface area contributed by atoms with Gasteiger partial charge < -0.3 is 8.23 Å². The molecule has 0 aliphatic rings. The van der Waals surface area contributed by atoms with E-state index in [1.807, 2.05) is 6.07 Å². The van der Waals surface area contributed by atoms with Gasteiger partial charge in [-0.1, -0.05) is 30.3 Å². The fraction of sp³-hybridized carbons (Fsp3) is 0.143. The topological polar surface area (TPSA) is 18.5 Å². The standard InChI is InChI=1S/C7H14O2Si3/c10-8-12-9-11-6-7-4-2-1-3-5-7/h1-5H,6,11-12H2,10H3. The molecule has 12 heavy (non-hydrogen) atoms. The molecule has 66 valence electrons. The molecule has 0 atom stereocenters. The second kappa shape index (κ2) is 6.32. The van der Waals surface area contributed by atoms with Crippen molar-refractivity contribution in [3.63, 3.8) is 0 Å². The Bertz CT molecular complexity index is 205. The molecule has 5 heteroatoms. The summed E-state index contributed by atoms with van der Waals surface area (Å²) in [5.74, 6) is 0. The van der Waals surface area contributed by atoms with Crippen LogP contribution in [0.4, 0.5) is 0 Å². The normalized spacial score (nSPS) is 12.3. The predicted octanol–water partition coefficient (Wildman–Crippen LogP) is -1.42. The van der Waals surface area contributed by atoms with E-state index in [-0.39, 0.29) is 9.76 Å². The molecule has 0 bridgehead atoms. The molecular weight excluding hydrogens is 200 g/mol. The fourth-order valence-electron chi connectivity index (χ4n) is 0.977. The number of rotatable bonds is 5. The van der Waals surface area contributed by atoms with Crippen LogP contribution in [0, 0.1) is 0 Å². The Morgan fingerprint density at radius 2 is 2.00 bits per heavy atom. The summed E-state index contributed by atoms with van der Waals surface area (Å²) in [6.45, 7) is 0. The molecule has 1 aromatic carbocycles. The van der Waals surface area contributed by atoms with Crippen molar-refractivity contribution in [1.29, 1.82) is 0 Å². The Morgan fingerprint density at radius 1 is 1.25 bits per heavy atom. The minimum Gasteiger partial charge on any atom is -0.449 e. The first-order chi connectivity index (χ1) is 5.93. The second-order valence-corrected chi connectivity index (χ2v) is 7.64. The van der Waals surface area contributed by atoms with Gasteiger partial charge in [0.2, 0.25) is 0 Å². The van der Waals surface area contributed by atoms with Crippen molar-refractivity contribution >= 4 is 30.3 Å². The van der Waals surface area contributed by atoms with Crippen molar-refractivity contribution in [1.82, 2.24) is 0 Å². The average Bonchev–Trinajstić information content (AvgIpc) is 2.14. The third-order valence-corrected chi connectivity index (χ3v) is 5.12. The lowest BCUT2D eigenvalue weighted by Crippen LogP contribution is -2.09. The van der Waals surface area contributed by atoms with Crippen LogP contribution in [0.15, 0.2) is 30.3 Å². The van der Waals surface area contributed by atoms with Gasteiger partial charge >= 0.3 is 0 Å². The first-order valence-electron chi connectivity index (χ1n) is 4.04. The Labute approximate surface area is 80.8 Å². The zero-order valence-electron chi connectivity index (χ0n) is 7.32. The lowest BCUT2D eigenvalue weighted by molar-refractivity contribution is 0.501. The van der Waals surface area contributed by atoms with Gasteiger partial charge in [0.05, 0.1) is 0 Å². The van der Waals surface area contributed by atoms with Crippen LogP contribution in [-0.4, -0.2) is 30.3 Å². The van der Waals surface area contributed by atoms with E-state index >= 15 is 0 Å². The molecule has 0 saturated heterocycles. The van der Waals surface area contributed by atoms with Gasteiger partial charge in [-0.2, -0.15) is 0 Å². The third-order valence-electron chi connectivity index (χ3n) is 1.58. The maximum atomic E-state index is 5.48. The van der Waals surface area contributed by atoms with Gasteiger partial charge in [0.1, 0.15) is 10.5 Å². The minimum absolute atomic E-state index is 0.339. The highest BCUT2D eigenvalue weighted by Crippen LogP contribution is 1.97. The summed E-state index contributed by atoms with van der Waals surface area (Å²) in [5.41, 5.74) is 1.39. The number of hydrogen-bond donors (Lipinski definition) is 0. The van der Waals surface area contributed by atoms with Crippen LogP contribution in [0.2, 0.25) is 0 Å². The van der Waals surface area contributed by atoms with Crippen molar-refractivity contribution in [2.75, 3.05) is 0 Å². The molecule has 0 aliphatic heterocycles. The van der Waals surface area contributed by atoms with Gasteiger partial charge in [0.25, 0.3) is 10.0 Å². The number of benzene rings is 1. The molecule has 0 amide bonds. The smallest absolute Gasteiger partial charge is 0.282 e. The van der Waals surface area contributed by atoms with Gasteiger partial charge in [-0.05, 0) is 11.6 Å². The van der Waals surface area contributed by atoms with Gasteiger partial charge in [0, 0.05) is 0 Å². The van der Waals surface area contributed by atoms with Gasteiger partial charge in [0.15, 0.2) is 9.76 Å². The summed E-state index contributed by atoms with van der Waals surface area (Å²) in [6.07, 6.45) is 0. The van der Waals surface area contributed by atoms with Crippen LogP contribution in [0.25, 0.3) is 0 Å². The van der Waals surface area contributed by atoms with Crippen molar-refractivity contribution in [2.24, 2.45) is 0 Å². The second-order valence-electron chi connectivity index (χ2n) is 2.55. The first-order valence-corrected chi connectivity index (χ1v) is 7.59. The van der Waals surface area contributed by atoms with Crippen LogP contribution in [0.1, 0.15) is 5.56 Å². The van der Waals surface area contributed by atoms with Crippen molar-refractivity contribution in [3.05, 3.63) is 35.9 Å². The van der Waals surface area contributed by atoms with Crippen LogP contribution >= 0.6 is 0 Å². The Kier molecular flexibility index (Phi) is 5.20. The molecule has 0 radical (unpaired) electrons. The average molecular weight is 214 g/mol. The van der Waals surface area contributed by atoms with E-state index in [2.05, 4.69) is 24.3 Å². The molecule has 1 aromatic rings. The van der Waals surface area contributed by atoms with Crippen LogP contribution in [0.5, 0.6) is 0 Å². The lowest BCUT2D eigenvalue weighted by Gasteiger charge is -2.01. The van der Waals surface area contributed by atoms with E-state index in [0.29, 0.717) is 0 Å². The molecule has 0 N–H and O–H groups in total. The highest BCUT2D eigenvalue weighted by atomic mass is 28.3. The summed E-state index contributed by atoms with van der Waals surface area (Å²) in [4.78, 5) is 0. The quantitative estimate of drug-likeness (QED) is 0.443. The molecule has 0 saturated carbocycles. The molecule has 0 spiro atoms. The van der Waals surface area contributed by atoms with E-state index in [9.17, 15) is 0 Å². The van der Waals surface area contributed by atoms with Crippen molar-refractivity contribution in [3.8, 4) is 0 Å². The minimum atomic E-state index is -0.571. The maximum absolute atomic E-state index is 5.48. The SMILES string of the molecule is [SiH3]O[SiH2]O[SiH2]Cc1ccccc1. The molecule has 0 unspecified atom stereocenters. The molecule has 2 nitrogen and oxygen atoms in total. The van der Waals surface area contributed by atoms with E-state index in [1.165, 1.54) is 5.56 Å². The van der Waals surface area contributed by atoms with E-state index in [4.69, 9.17) is 8.23 Å². The third kappa shape index (κ3) is 3.98. The van der Waals surface area contributed by atoms with Crippen LogP contribution in [-0.2, 0) is 14.3 Å². The van der Waals surface area contributed by atoms with E-state index in [1.54, 1.807) is 0 Å². The Hall–Kier alpha value is -0.209. The monoisotopic (exact) mass is 214 g/mol. The highest BCUT2D eigenvalue weighted by Gasteiger charge is 1.91. The lowest BCUT2D eigenvalue weighted by atomic mass is 10.2. The van der Waals surface area contributed by atoms with Crippen molar-refractivity contribution in [2.45, 2.75) is 6.04 Å². The van der Waals surface area contributed by atoms with Crippen molar-refractivity contribution < 1.29 is 8.23 Å². The van der Waals surface area contributed by atoms with Crippen LogP contribution < -0.4 is 0 Å². The molecular formula is C7H14O2Si3. The maximum Gasteiger partial charge on any atom is 0.282 e. The Morgan fingerprint density at radius 3 is 2.67 bits per heavy atom. The molecule has 0 heterocycles. The summed E-state index contributed by atoms with van der Waals surface area (Å²) < 4.78 is 10.5. The van der Waals surface area contributed by atoms with E-state index in [0.717, 1.165) is 16.5 Å². The summed E-state index contributed by atoms with van der Waals surface area (Å²) in [6, 6.07) is 11.6. The number of hydrogen-bond acceptors (Lipinski definition) is 2. The molecule has 0 aromatic heterocycles. The summed E-state index contributed by atoms with van der Waals surface area (Å²) in [7, 11) is -0.0748. The Balaban J connectivity index is 2.16. The molecule has 1 rings (SSSR count). The molecule has 0 aliphatic carbocycles.